The molecule has 0 N–H and O–H groups in total. The molecule has 0 fully saturated rings. The summed E-state index contributed by atoms with van der Waals surface area (Å²) in [5, 5.41) is 0.655. The Bertz CT molecular complexity index is 329. The lowest BCUT2D eigenvalue weighted by Crippen LogP contribution is -1.80. The molecule has 0 aromatic heterocycles. The van der Waals surface area contributed by atoms with Crippen molar-refractivity contribution in [1.82, 2.24) is 0 Å². The van der Waals surface area contributed by atoms with Gasteiger partial charge in [0.25, 0.3) is 0 Å². The molecule has 0 aliphatic rings. The molecule has 0 spiro atoms. The van der Waals surface area contributed by atoms with E-state index in [1.165, 1.54) is 0 Å². The molecule has 1 aromatic carbocycles. The van der Waals surface area contributed by atoms with Gasteiger partial charge in [-0.25, -0.2) is 0 Å². The van der Waals surface area contributed by atoms with Gasteiger partial charge in [-0.1, -0.05) is 36.4 Å². The molecule has 0 amide bonds. The molecule has 0 bridgehead atoms. The van der Waals surface area contributed by atoms with Crippen LogP contribution in [0, 0.1) is 6.92 Å². The largest absolute Gasteiger partial charge is 0.262 e. The van der Waals surface area contributed by atoms with Gasteiger partial charge in [-0.3, -0.25) is 4.99 Å². The first kappa shape index (κ1) is 9.01. The van der Waals surface area contributed by atoms with Crippen molar-refractivity contribution in [2.75, 3.05) is 0 Å². The Morgan fingerprint density at radius 3 is 2.67 bits per heavy atom. The quantitative estimate of drug-likeness (QED) is 0.615. The third-order valence-corrected chi connectivity index (χ3v) is 2.20. The van der Waals surface area contributed by atoms with Gasteiger partial charge in [-0.15, -0.1) is 0 Å². The number of aliphatic imine (C=N–C) groups is 1. The fourth-order valence-electron chi connectivity index (χ4n) is 1.01. The van der Waals surface area contributed by atoms with Gasteiger partial charge >= 0.3 is 0 Å². The Labute approximate surface area is 77.4 Å². The molecule has 1 rings (SSSR count). The molecule has 0 atom stereocenters. The van der Waals surface area contributed by atoms with E-state index in [-0.39, 0.29) is 0 Å². The fraction of sp³-hybridized carbons (Fsp3) is 0.100. The van der Waals surface area contributed by atoms with Gasteiger partial charge in [0.1, 0.15) is 0 Å². The second-order valence-electron chi connectivity index (χ2n) is 2.50. The number of rotatable bonds is 2. The number of halogens is 1. The summed E-state index contributed by atoms with van der Waals surface area (Å²) in [4.78, 5) is 3.85. The van der Waals surface area contributed by atoms with Crippen LogP contribution < -0.4 is 0 Å². The SMILES string of the molecule is C=Cc1ccc(C)c(Cl)c1N=C. The standard InChI is InChI=1S/C10H10ClN/c1-4-8-6-5-7(2)9(11)10(8)12-3/h4-6H,1,3H2,2H3. The van der Waals surface area contributed by atoms with E-state index < -0.39 is 0 Å². The molecular formula is C10H10ClN. The number of benzene rings is 1. The van der Waals surface area contributed by atoms with Crippen LogP contribution in [0.1, 0.15) is 11.1 Å². The lowest BCUT2D eigenvalue weighted by Gasteiger charge is -2.04. The van der Waals surface area contributed by atoms with Crippen molar-refractivity contribution >= 4 is 30.1 Å². The number of hydrogen-bond donors (Lipinski definition) is 0. The maximum Gasteiger partial charge on any atom is 0.0883 e. The van der Waals surface area contributed by atoms with E-state index in [1.807, 2.05) is 19.1 Å². The van der Waals surface area contributed by atoms with Gasteiger partial charge in [0, 0.05) is 5.56 Å². The van der Waals surface area contributed by atoms with E-state index in [2.05, 4.69) is 18.3 Å². The summed E-state index contributed by atoms with van der Waals surface area (Å²) in [5.41, 5.74) is 2.64. The zero-order chi connectivity index (χ0) is 9.14. The molecule has 1 nitrogen and oxygen atoms in total. The smallest absolute Gasteiger partial charge is 0.0883 e. The Balaban J connectivity index is 3.45. The van der Waals surface area contributed by atoms with E-state index >= 15 is 0 Å². The maximum absolute atomic E-state index is 6.00. The van der Waals surface area contributed by atoms with Crippen LogP contribution in [0.15, 0.2) is 23.7 Å². The molecule has 0 saturated heterocycles. The van der Waals surface area contributed by atoms with Crippen molar-refractivity contribution in [2.45, 2.75) is 6.92 Å². The van der Waals surface area contributed by atoms with Crippen LogP contribution in [0.2, 0.25) is 5.02 Å². The van der Waals surface area contributed by atoms with Crippen molar-refractivity contribution in [1.29, 1.82) is 0 Å². The fourth-order valence-corrected chi connectivity index (χ4v) is 1.24. The highest BCUT2D eigenvalue weighted by Crippen LogP contribution is 2.32. The molecule has 0 saturated carbocycles. The first-order valence-electron chi connectivity index (χ1n) is 3.59. The van der Waals surface area contributed by atoms with Crippen molar-refractivity contribution in [3.8, 4) is 0 Å². The highest BCUT2D eigenvalue weighted by Gasteiger charge is 2.04. The van der Waals surface area contributed by atoms with E-state index in [9.17, 15) is 0 Å². The minimum atomic E-state index is 0.655. The van der Waals surface area contributed by atoms with Crippen LogP contribution in [-0.4, -0.2) is 6.72 Å². The molecule has 0 heterocycles. The Morgan fingerprint density at radius 2 is 2.17 bits per heavy atom. The van der Waals surface area contributed by atoms with Crippen LogP contribution in [-0.2, 0) is 0 Å². The highest BCUT2D eigenvalue weighted by molar-refractivity contribution is 6.34. The zero-order valence-electron chi connectivity index (χ0n) is 6.97. The van der Waals surface area contributed by atoms with Crippen molar-refractivity contribution in [2.24, 2.45) is 4.99 Å². The predicted octanol–water partition coefficient (Wildman–Crippen LogP) is 3.62. The first-order valence-corrected chi connectivity index (χ1v) is 3.96. The van der Waals surface area contributed by atoms with E-state index in [0.29, 0.717) is 10.7 Å². The van der Waals surface area contributed by atoms with Gasteiger partial charge < -0.3 is 0 Å². The molecule has 0 unspecified atom stereocenters. The van der Waals surface area contributed by atoms with E-state index in [1.54, 1.807) is 6.08 Å². The molecule has 2 heteroatoms. The van der Waals surface area contributed by atoms with Gasteiger partial charge in [0.15, 0.2) is 0 Å². The average Bonchev–Trinajstić information content (AvgIpc) is 2.09. The normalized spacial score (nSPS) is 9.50. The summed E-state index contributed by atoms with van der Waals surface area (Å²) in [7, 11) is 0. The molecule has 1 aromatic rings. The molecule has 0 radical (unpaired) electrons. The summed E-state index contributed by atoms with van der Waals surface area (Å²) in [5.74, 6) is 0. The van der Waals surface area contributed by atoms with Crippen LogP contribution in [0.3, 0.4) is 0 Å². The van der Waals surface area contributed by atoms with Crippen LogP contribution in [0.4, 0.5) is 5.69 Å². The maximum atomic E-state index is 6.00. The Morgan fingerprint density at radius 1 is 1.50 bits per heavy atom. The van der Waals surface area contributed by atoms with Crippen LogP contribution in [0.25, 0.3) is 6.08 Å². The Hall–Kier alpha value is -1.08. The summed E-state index contributed by atoms with van der Waals surface area (Å²) in [6.45, 7) is 9.06. The number of aryl methyl sites for hydroxylation is 1. The van der Waals surface area contributed by atoms with Crippen molar-refractivity contribution in [3.63, 3.8) is 0 Å². The monoisotopic (exact) mass is 179 g/mol. The second kappa shape index (κ2) is 3.55. The topological polar surface area (TPSA) is 12.4 Å². The summed E-state index contributed by atoms with van der Waals surface area (Å²) in [6.07, 6.45) is 1.72. The highest BCUT2D eigenvalue weighted by atomic mass is 35.5. The predicted molar refractivity (Wildman–Crippen MR) is 55.5 cm³/mol. The van der Waals surface area contributed by atoms with Crippen molar-refractivity contribution in [3.05, 3.63) is 34.9 Å². The van der Waals surface area contributed by atoms with Gasteiger partial charge in [0.05, 0.1) is 10.7 Å². The van der Waals surface area contributed by atoms with Gasteiger partial charge in [-0.2, -0.15) is 0 Å². The lowest BCUT2D eigenvalue weighted by atomic mass is 10.1. The van der Waals surface area contributed by atoms with Gasteiger partial charge in [0.2, 0.25) is 0 Å². The molecule has 0 aliphatic carbocycles. The summed E-state index contributed by atoms with van der Waals surface area (Å²) >= 11 is 6.00. The number of hydrogen-bond acceptors (Lipinski definition) is 1. The molecule has 0 aliphatic heterocycles. The minimum absolute atomic E-state index is 0.655. The van der Waals surface area contributed by atoms with E-state index in [4.69, 9.17) is 11.6 Å². The zero-order valence-corrected chi connectivity index (χ0v) is 7.73. The summed E-state index contributed by atoms with van der Waals surface area (Å²) < 4.78 is 0. The van der Waals surface area contributed by atoms with Crippen LogP contribution in [0.5, 0.6) is 0 Å². The molecule has 62 valence electrons. The average molecular weight is 180 g/mol. The second-order valence-corrected chi connectivity index (χ2v) is 2.87. The van der Waals surface area contributed by atoms with Gasteiger partial charge in [-0.05, 0) is 19.2 Å². The Kier molecular flexibility index (Phi) is 2.66. The van der Waals surface area contributed by atoms with Crippen LogP contribution >= 0.6 is 11.6 Å². The lowest BCUT2D eigenvalue weighted by molar-refractivity contribution is 1.42. The third kappa shape index (κ3) is 1.41. The van der Waals surface area contributed by atoms with E-state index in [0.717, 1.165) is 11.1 Å². The molecular weight excluding hydrogens is 170 g/mol. The number of nitrogens with zero attached hydrogens (tertiary/aromatic N) is 1. The molecule has 12 heavy (non-hydrogen) atoms. The third-order valence-electron chi connectivity index (χ3n) is 1.72. The summed E-state index contributed by atoms with van der Waals surface area (Å²) in [6, 6.07) is 3.87. The minimum Gasteiger partial charge on any atom is -0.262 e. The van der Waals surface area contributed by atoms with Crippen molar-refractivity contribution < 1.29 is 0 Å². The first-order chi connectivity index (χ1) is 5.70.